The maximum absolute atomic E-state index is 12.2. The first kappa shape index (κ1) is 17.7. The van der Waals surface area contributed by atoms with Gasteiger partial charge in [0.25, 0.3) is 0 Å². The first-order valence-corrected chi connectivity index (χ1v) is 9.33. The summed E-state index contributed by atoms with van der Waals surface area (Å²) in [6.45, 7) is 2.61. The number of aromatic nitrogens is 1. The quantitative estimate of drug-likeness (QED) is 0.767. The average Bonchev–Trinajstić information content (AvgIpc) is 2.61. The summed E-state index contributed by atoms with van der Waals surface area (Å²) in [6, 6.07) is 3.70. The lowest BCUT2D eigenvalue weighted by atomic mass is 9.83. The zero-order valence-corrected chi connectivity index (χ0v) is 14.7. The Labute approximate surface area is 148 Å². The van der Waals surface area contributed by atoms with Crippen LogP contribution in [0, 0.1) is 11.8 Å². The highest BCUT2D eigenvalue weighted by Gasteiger charge is 2.33. The Hall–Kier alpha value is -2.11. The third-order valence-electron chi connectivity index (χ3n) is 5.16. The maximum Gasteiger partial charge on any atom is 0.225 e. The van der Waals surface area contributed by atoms with Gasteiger partial charge in [-0.3, -0.25) is 14.6 Å². The number of carbonyl (C=O) groups is 2. The van der Waals surface area contributed by atoms with Gasteiger partial charge in [-0.1, -0.05) is 6.42 Å². The van der Waals surface area contributed by atoms with Crippen molar-refractivity contribution in [3.8, 4) is 5.75 Å². The van der Waals surface area contributed by atoms with Gasteiger partial charge in [0, 0.05) is 37.7 Å². The van der Waals surface area contributed by atoms with Gasteiger partial charge in [-0.2, -0.15) is 0 Å². The predicted octanol–water partition coefficient (Wildman–Crippen LogP) is 2.01. The van der Waals surface area contributed by atoms with E-state index in [2.05, 4.69) is 10.3 Å². The minimum absolute atomic E-state index is 0.0321. The molecule has 6 nitrogen and oxygen atoms in total. The van der Waals surface area contributed by atoms with Crippen LogP contribution in [0.3, 0.4) is 0 Å². The normalized spacial score (nSPS) is 18.5. The van der Waals surface area contributed by atoms with Gasteiger partial charge < -0.3 is 15.0 Å². The molecular weight excluding hydrogens is 318 g/mol. The van der Waals surface area contributed by atoms with Gasteiger partial charge in [-0.25, -0.2) is 0 Å². The minimum Gasteiger partial charge on any atom is -0.492 e. The lowest BCUT2D eigenvalue weighted by Crippen LogP contribution is -2.46. The van der Waals surface area contributed by atoms with E-state index < -0.39 is 0 Å². The Morgan fingerprint density at radius 2 is 2.00 bits per heavy atom. The van der Waals surface area contributed by atoms with E-state index in [1.165, 1.54) is 6.42 Å². The monoisotopic (exact) mass is 345 g/mol. The van der Waals surface area contributed by atoms with E-state index >= 15 is 0 Å². The predicted molar refractivity (Wildman–Crippen MR) is 94.0 cm³/mol. The van der Waals surface area contributed by atoms with Crippen molar-refractivity contribution in [2.45, 2.75) is 38.5 Å². The Morgan fingerprint density at radius 3 is 2.64 bits per heavy atom. The molecule has 1 saturated heterocycles. The number of rotatable bonds is 7. The smallest absolute Gasteiger partial charge is 0.225 e. The summed E-state index contributed by atoms with van der Waals surface area (Å²) >= 11 is 0. The molecule has 0 bridgehead atoms. The Morgan fingerprint density at radius 1 is 1.20 bits per heavy atom. The van der Waals surface area contributed by atoms with Crippen molar-refractivity contribution in [1.82, 2.24) is 15.2 Å². The highest BCUT2D eigenvalue weighted by atomic mass is 16.5. The SMILES string of the molecule is O=C(NCCCOc1cccnc1)C1CCN(C(=O)C2CCC2)CC1. The Bertz CT molecular complexity index is 567. The molecule has 25 heavy (non-hydrogen) atoms. The number of carbonyl (C=O) groups excluding carboxylic acids is 2. The third-order valence-corrected chi connectivity index (χ3v) is 5.16. The van der Waals surface area contributed by atoms with Crippen molar-refractivity contribution >= 4 is 11.8 Å². The number of ether oxygens (including phenoxy) is 1. The number of pyridine rings is 1. The molecule has 136 valence electrons. The number of amides is 2. The molecule has 1 aliphatic carbocycles. The molecule has 2 fully saturated rings. The molecule has 0 unspecified atom stereocenters. The number of likely N-dealkylation sites (tertiary alicyclic amines) is 1. The van der Waals surface area contributed by atoms with Crippen molar-refractivity contribution in [3.05, 3.63) is 24.5 Å². The van der Waals surface area contributed by atoms with Gasteiger partial charge in [-0.15, -0.1) is 0 Å². The van der Waals surface area contributed by atoms with Crippen LogP contribution in [-0.4, -0.2) is 47.9 Å². The van der Waals surface area contributed by atoms with E-state index in [0.717, 1.165) is 50.9 Å². The van der Waals surface area contributed by atoms with Gasteiger partial charge in [0.15, 0.2) is 0 Å². The standard InChI is InChI=1S/C19H27N3O3/c23-18(21-10-3-13-25-17-6-2-9-20-14-17)15-7-11-22(12-8-15)19(24)16-4-1-5-16/h2,6,9,14-16H,1,3-5,7-8,10-13H2,(H,21,23). The van der Waals surface area contributed by atoms with Crippen molar-refractivity contribution in [2.75, 3.05) is 26.2 Å². The van der Waals surface area contributed by atoms with Gasteiger partial charge in [0.1, 0.15) is 5.75 Å². The lowest BCUT2D eigenvalue weighted by Gasteiger charge is -2.36. The molecule has 0 atom stereocenters. The summed E-state index contributed by atoms with van der Waals surface area (Å²) in [5.74, 6) is 1.45. The molecule has 0 radical (unpaired) electrons. The molecule has 1 aromatic rings. The first-order chi connectivity index (χ1) is 12.2. The second-order valence-electron chi connectivity index (χ2n) is 6.91. The number of hydrogen-bond acceptors (Lipinski definition) is 4. The molecule has 1 N–H and O–H groups in total. The fraction of sp³-hybridized carbons (Fsp3) is 0.632. The van der Waals surface area contributed by atoms with Crippen molar-refractivity contribution < 1.29 is 14.3 Å². The number of nitrogens with one attached hydrogen (secondary N) is 1. The molecule has 2 aliphatic rings. The minimum atomic E-state index is 0.0321. The Balaban J connectivity index is 1.28. The summed E-state index contributed by atoms with van der Waals surface area (Å²) in [4.78, 5) is 30.4. The number of nitrogens with zero attached hydrogens (tertiary/aromatic N) is 2. The van der Waals surface area contributed by atoms with E-state index in [1.807, 2.05) is 17.0 Å². The lowest BCUT2D eigenvalue weighted by molar-refractivity contribution is -0.141. The molecular formula is C19H27N3O3. The molecule has 3 rings (SSSR count). The number of hydrogen-bond donors (Lipinski definition) is 1. The zero-order valence-electron chi connectivity index (χ0n) is 14.7. The fourth-order valence-corrected chi connectivity index (χ4v) is 3.33. The van der Waals surface area contributed by atoms with Crippen LogP contribution < -0.4 is 10.1 Å². The van der Waals surface area contributed by atoms with Crippen LogP contribution in [0.25, 0.3) is 0 Å². The van der Waals surface area contributed by atoms with Crippen molar-refractivity contribution in [1.29, 1.82) is 0 Å². The van der Waals surface area contributed by atoms with Crippen LogP contribution in [0.15, 0.2) is 24.5 Å². The van der Waals surface area contributed by atoms with E-state index in [4.69, 9.17) is 4.74 Å². The second kappa shape index (κ2) is 8.83. The van der Waals surface area contributed by atoms with Crippen LogP contribution in [0.5, 0.6) is 5.75 Å². The second-order valence-corrected chi connectivity index (χ2v) is 6.91. The van der Waals surface area contributed by atoms with Crippen LogP contribution in [-0.2, 0) is 9.59 Å². The molecule has 2 heterocycles. The summed E-state index contributed by atoms with van der Waals surface area (Å²) < 4.78 is 5.55. The molecule has 0 aromatic carbocycles. The van der Waals surface area contributed by atoms with Crippen LogP contribution in [0.1, 0.15) is 38.5 Å². The van der Waals surface area contributed by atoms with E-state index in [9.17, 15) is 9.59 Å². The first-order valence-electron chi connectivity index (χ1n) is 9.33. The van der Waals surface area contributed by atoms with Gasteiger partial charge in [0.2, 0.25) is 11.8 Å². The molecule has 2 amide bonds. The van der Waals surface area contributed by atoms with Gasteiger partial charge in [-0.05, 0) is 44.2 Å². The topological polar surface area (TPSA) is 71.5 Å². The molecule has 0 spiro atoms. The largest absolute Gasteiger partial charge is 0.492 e. The highest BCUT2D eigenvalue weighted by molar-refractivity contribution is 5.81. The third kappa shape index (κ3) is 4.94. The molecule has 6 heteroatoms. The van der Waals surface area contributed by atoms with Crippen LogP contribution >= 0.6 is 0 Å². The maximum atomic E-state index is 12.2. The van der Waals surface area contributed by atoms with Gasteiger partial charge >= 0.3 is 0 Å². The highest BCUT2D eigenvalue weighted by Crippen LogP contribution is 2.30. The van der Waals surface area contributed by atoms with Gasteiger partial charge in [0.05, 0.1) is 12.8 Å². The summed E-state index contributed by atoms with van der Waals surface area (Å²) in [5.41, 5.74) is 0. The zero-order chi connectivity index (χ0) is 17.5. The van der Waals surface area contributed by atoms with E-state index in [0.29, 0.717) is 19.1 Å². The summed E-state index contributed by atoms with van der Waals surface area (Å²) in [5, 5.41) is 2.99. The summed E-state index contributed by atoms with van der Waals surface area (Å²) in [7, 11) is 0. The van der Waals surface area contributed by atoms with Crippen molar-refractivity contribution in [3.63, 3.8) is 0 Å². The molecule has 1 aromatic heterocycles. The van der Waals surface area contributed by atoms with Crippen LogP contribution in [0.2, 0.25) is 0 Å². The van der Waals surface area contributed by atoms with E-state index in [-0.39, 0.29) is 17.7 Å². The van der Waals surface area contributed by atoms with Crippen molar-refractivity contribution in [2.24, 2.45) is 11.8 Å². The summed E-state index contributed by atoms with van der Waals surface area (Å²) in [6.07, 6.45) is 8.96. The average molecular weight is 345 g/mol. The fourth-order valence-electron chi connectivity index (χ4n) is 3.33. The van der Waals surface area contributed by atoms with E-state index in [1.54, 1.807) is 12.4 Å². The molecule has 1 saturated carbocycles. The molecule has 1 aliphatic heterocycles. The number of piperidine rings is 1. The van der Waals surface area contributed by atoms with Crippen LogP contribution in [0.4, 0.5) is 0 Å². The Kier molecular flexibility index (Phi) is 6.25.